The van der Waals surface area contributed by atoms with E-state index in [1.165, 1.54) is 11.3 Å². The molecular weight excluding hydrogens is 210 g/mol. The van der Waals surface area contributed by atoms with Crippen molar-refractivity contribution in [2.45, 2.75) is 33.4 Å². The lowest BCUT2D eigenvalue weighted by atomic mass is 10.2. The molecule has 3 heteroatoms. The zero-order valence-corrected chi connectivity index (χ0v) is 10.6. The van der Waals surface area contributed by atoms with E-state index >= 15 is 0 Å². The fourth-order valence-corrected chi connectivity index (χ4v) is 1.79. The molecule has 2 aromatic rings. The van der Waals surface area contributed by atoms with Gasteiger partial charge in [-0.25, -0.2) is 4.98 Å². The Bertz CT molecular complexity index is 486. The molecule has 1 heterocycles. The summed E-state index contributed by atoms with van der Waals surface area (Å²) in [5.74, 6) is 1.01. The number of benzene rings is 1. The third kappa shape index (κ3) is 2.94. The third-order valence-corrected chi connectivity index (χ3v) is 2.73. The van der Waals surface area contributed by atoms with Crippen LogP contribution in [0.2, 0.25) is 0 Å². The first-order chi connectivity index (χ1) is 8.16. The van der Waals surface area contributed by atoms with E-state index in [1.807, 2.05) is 19.3 Å². The fraction of sp³-hybridized carbons (Fsp3) is 0.357. The van der Waals surface area contributed by atoms with Gasteiger partial charge in [-0.05, 0) is 24.6 Å². The maximum Gasteiger partial charge on any atom is 0.110 e. The van der Waals surface area contributed by atoms with Gasteiger partial charge in [-0.2, -0.15) is 0 Å². The van der Waals surface area contributed by atoms with Crippen molar-refractivity contribution in [2.24, 2.45) is 0 Å². The molecule has 0 aliphatic carbocycles. The number of hydrogen-bond acceptors (Lipinski definition) is 2. The van der Waals surface area contributed by atoms with Crippen molar-refractivity contribution in [1.82, 2.24) is 14.9 Å². The highest BCUT2D eigenvalue weighted by molar-refractivity contribution is 5.36. The highest BCUT2D eigenvalue weighted by Crippen LogP contribution is 2.12. The van der Waals surface area contributed by atoms with Gasteiger partial charge in [0.2, 0.25) is 0 Å². The van der Waals surface area contributed by atoms with Crippen LogP contribution in [0.1, 0.15) is 25.2 Å². The molecule has 2 rings (SSSR count). The summed E-state index contributed by atoms with van der Waals surface area (Å²) in [5, 5.41) is 3.42. The van der Waals surface area contributed by atoms with Crippen molar-refractivity contribution in [3.63, 3.8) is 0 Å². The number of aryl methyl sites for hydroxylation is 1. The highest BCUT2D eigenvalue weighted by atomic mass is 15.1. The van der Waals surface area contributed by atoms with Crippen molar-refractivity contribution in [2.75, 3.05) is 0 Å². The van der Waals surface area contributed by atoms with Crippen LogP contribution in [0.25, 0.3) is 5.69 Å². The molecule has 1 N–H and O–H groups in total. The van der Waals surface area contributed by atoms with Gasteiger partial charge in [0.1, 0.15) is 5.82 Å². The molecule has 0 bridgehead atoms. The second-order valence-electron chi connectivity index (χ2n) is 4.55. The molecule has 0 atom stereocenters. The van der Waals surface area contributed by atoms with E-state index in [1.54, 1.807) is 0 Å². The molecule has 0 saturated carbocycles. The summed E-state index contributed by atoms with van der Waals surface area (Å²) in [6.07, 6.45) is 3.82. The Morgan fingerprint density at radius 1 is 1.35 bits per heavy atom. The maximum atomic E-state index is 4.24. The van der Waals surface area contributed by atoms with E-state index < -0.39 is 0 Å². The van der Waals surface area contributed by atoms with Crippen LogP contribution in [-0.4, -0.2) is 15.6 Å². The second kappa shape index (κ2) is 5.15. The van der Waals surface area contributed by atoms with E-state index in [2.05, 4.69) is 53.0 Å². The summed E-state index contributed by atoms with van der Waals surface area (Å²) in [7, 11) is 0. The van der Waals surface area contributed by atoms with Crippen molar-refractivity contribution < 1.29 is 0 Å². The number of hydrogen-bond donors (Lipinski definition) is 1. The van der Waals surface area contributed by atoms with Crippen molar-refractivity contribution in [3.05, 3.63) is 48.0 Å². The molecule has 0 fully saturated rings. The minimum Gasteiger partial charge on any atom is -0.310 e. The minimum absolute atomic E-state index is 0.508. The molecule has 0 unspecified atom stereocenters. The molecule has 1 aromatic heterocycles. The molecular formula is C14H19N3. The quantitative estimate of drug-likeness (QED) is 0.873. The number of aromatic nitrogens is 2. The van der Waals surface area contributed by atoms with Crippen molar-refractivity contribution in [1.29, 1.82) is 0 Å². The average molecular weight is 229 g/mol. The van der Waals surface area contributed by atoms with E-state index in [0.717, 1.165) is 12.4 Å². The molecule has 0 amide bonds. The molecule has 0 aliphatic rings. The van der Waals surface area contributed by atoms with Crippen LogP contribution in [0.4, 0.5) is 0 Å². The number of nitrogens with zero attached hydrogens (tertiary/aromatic N) is 2. The SMILES string of the molecule is Cc1nccn1-c1cccc(CNC(C)C)c1. The predicted molar refractivity (Wildman–Crippen MR) is 70.3 cm³/mol. The Morgan fingerprint density at radius 2 is 2.18 bits per heavy atom. The summed E-state index contributed by atoms with van der Waals surface area (Å²) in [4.78, 5) is 4.24. The van der Waals surface area contributed by atoms with Gasteiger partial charge in [-0.1, -0.05) is 26.0 Å². The smallest absolute Gasteiger partial charge is 0.110 e. The van der Waals surface area contributed by atoms with Crippen LogP contribution < -0.4 is 5.32 Å². The van der Waals surface area contributed by atoms with Gasteiger partial charge in [0.05, 0.1) is 0 Å². The van der Waals surface area contributed by atoms with Gasteiger partial charge in [0.15, 0.2) is 0 Å². The minimum atomic E-state index is 0.508. The Labute approximate surface area is 103 Å². The van der Waals surface area contributed by atoms with E-state index in [9.17, 15) is 0 Å². The van der Waals surface area contributed by atoms with Gasteiger partial charge in [0.25, 0.3) is 0 Å². The zero-order chi connectivity index (χ0) is 12.3. The van der Waals surface area contributed by atoms with E-state index in [-0.39, 0.29) is 0 Å². The van der Waals surface area contributed by atoms with Crippen LogP contribution in [0.15, 0.2) is 36.7 Å². The van der Waals surface area contributed by atoms with Gasteiger partial charge in [-0.3, -0.25) is 0 Å². The maximum absolute atomic E-state index is 4.24. The first kappa shape index (κ1) is 11.9. The lowest BCUT2D eigenvalue weighted by Gasteiger charge is -2.10. The van der Waals surface area contributed by atoms with Crippen molar-refractivity contribution in [3.8, 4) is 5.69 Å². The van der Waals surface area contributed by atoms with Crippen LogP contribution in [-0.2, 0) is 6.54 Å². The largest absolute Gasteiger partial charge is 0.310 e. The van der Waals surface area contributed by atoms with Crippen LogP contribution in [0.3, 0.4) is 0 Å². The first-order valence-corrected chi connectivity index (χ1v) is 5.99. The molecule has 1 aromatic carbocycles. The predicted octanol–water partition coefficient (Wildman–Crippen LogP) is 2.68. The summed E-state index contributed by atoms with van der Waals surface area (Å²) in [6.45, 7) is 7.23. The second-order valence-corrected chi connectivity index (χ2v) is 4.55. The van der Waals surface area contributed by atoms with Gasteiger partial charge >= 0.3 is 0 Å². The van der Waals surface area contributed by atoms with E-state index in [4.69, 9.17) is 0 Å². The Hall–Kier alpha value is -1.61. The molecule has 0 aliphatic heterocycles. The highest BCUT2D eigenvalue weighted by Gasteiger charge is 2.01. The first-order valence-electron chi connectivity index (χ1n) is 5.99. The molecule has 0 saturated heterocycles. The van der Waals surface area contributed by atoms with E-state index in [0.29, 0.717) is 6.04 Å². The third-order valence-electron chi connectivity index (χ3n) is 2.73. The van der Waals surface area contributed by atoms with Crippen molar-refractivity contribution >= 4 is 0 Å². The molecule has 0 radical (unpaired) electrons. The summed E-state index contributed by atoms with van der Waals surface area (Å²) < 4.78 is 2.10. The molecule has 3 nitrogen and oxygen atoms in total. The number of nitrogens with one attached hydrogen (secondary N) is 1. The van der Waals surface area contributed by atoms with Gasteiger partial charge in [0, 0.05) is 30.7 Å². The fourth-order valence-electron chi connectivity index (χ4n) is 1.79. The van der Waals surface area contributed by atoms with Gasteiger partial charge < -0.3 is 9.88 Å². The lowest BCUT2D eigenvalue weighted by Crippen LogP contribution is -2.21. The normalized spacial score (nSPS) is 11.1. The zero-order valence-electron chi connectivity index (χ0n) is 10.6. The van der Waals surface area contributed by atoms with Crippen LogP contribution >= 0.6 is 0 Å². The molecule has 0 spiro atoms. The topological polar surface area (TPSA) is 29.9 Å². The standard InChI is InChI=1S/C14H19N3/c1-11(2)16-10-13-5-4-6-14(9-13)17-8-7-15-12(17)3/h4-9,11,16H,10H2,1-3H3. The van der Waals surface area contributed by atoms with Crippen LogP contribution in [0.5, 0.6) is 0 Å². The number of rotatable bonds is 4. The Kier molecular flexibility index (Phi) is 3.59. The Balaban J connectivity index is 2.20. The molecule has 17 heavy (non-hydrogen) atoms. The molecule has 90 valence electrons. The number of imidazole rings is 1. The van der Waals surface area contributed by atoms with Gasteiger partial charge in [-0.15, -0.1) is 0 Å². The average Bonchev–Trinajstić information content (AvgIpc) is 2.73. The Morgan fingerprint density at radius 3 is 2.82 bits per heavy atom. The summed E-state index contributed by atoms with van der Waals surface area (Å²) >= 11 is 0. The lowest BCUT2D eigenvalue weighted by molar-refractivity contribution is 0.588. The summed E-state index contributed by atoms with van der Waals surface area (Å²) in [6, 6.07) is 9.04. The monoisotopic (exact) mass is 229 g/mol. The van der Waals surface area contributed by atoms with Crippen LogP contribution in [0, 0.1) is 6.92 Å². The summed E-state index contributed by atoms with van der Waals surface area (Å²) in [5.41, 5.74) is 2.47.